The lowest BCUT2D eigenvalue weighted by Crippen LogP contribution is -2.37. The van der Waals surface area contributed by atoms with Gasteiger partial charge in [-0.3, -0.25) is 4.90 Å². The summed E-state index contributed by atoms with van der Waals surface area (Å²) in [6, 6.07) is 3.86. The maximum Gasteiger partial charge on any atom is 0.412 e. The Kier molecular flexibility index (Phi) is 5.01. The second-order valence-corrected chi connectivity index (χ2v) is 7.00. The van der Waals surface area contributed by atoms with Gasteiger partial charge in [-0.05, 0) is 32.0 Å². The molecule has 3 aromatic rings. The summed E-state index contributed by atoms with van der Waals surface area (Å²) in [6.45, 7) is 6.20. The van der Waals surface area contributed by atoms with E-state index in [1.54, 1.807) is 26.2 Å². The van der Waals surface area contributed by atoms with Crippen LogP contribution in [0.1, 0.15) is 13.8 Å². The van der Waals surface area contributed by atoms with E-state index in [0.29, 0.717) is 36.2 Å². The number of imidazole rings is 1. The Bertz CT molecular complexity index is 1050. The van der Waals surface area contributed by atoms with Gasteiger partial charge < -0.3 is 14.7 Å². The summed E-state index contributed by atoms with van der Waals surface area (Å²) in [4.78, 5) is 23.5. The Balaban J connectivity index is 1.72. The second-order valence-electron chi connectivity index (χ2n) is 7.00. The van der Waals surface area contributed by atoms with Gasteiger partial charge in [-0.15, -0.1) is 5.10 Å². The smallest absolute Gasteiger partial charge is 0.412 e. The average Bonchev–Trinajstić information content (AvgIpc) is 3.12. The van der Waals surface area contributed by atoms with Gasteiger partial charge in [0.05, 0.1) is 31.3 Å². The molecule has 3 heterocycles. The maximum absolute atomic E-state index is 14.5. The molecular weight excluding hydrogens is 379 g/mol. The van der Waals surface area contributed by atoms with Crippen LogP contribution in [0, 0.1) is 5.82 Å². The summed E-state index contributed by atoms with van der Waals surface area (Å²) < 4.78 is 21.4. The Morgan fingerprint density at radius 1 is 1.31 bits per heavy atom. The van der Waals surface area contributed by atoms with Gasteiger partial charge in [0.2, 0.25) is 0 Å². The van der Waals surface area contributed by atoms with Crippen LogP contribution in [0.15, 0.2) is 30.6 Å². The van der Waals surface area contributed by atoms with Gasteiger partial charge in [-0.2, -0.15) is 0 Å². The SMILES string of the molecule is CC(C)N(C(=O)O)c1ccc(F)c(-c2cn3nc(N4CCOCC4)cnc3n2)c1. The zero-order chi connectivity index (χ0) is 20.5. The molecule has 1 aromatic carbocycles. The minimum absolute atomic E-state index is 0.189. The molecule has 0 bridgehead atoms. The molecule has 29 heavy (non-hydrogen) atoms. The van der Waals surface area contributed by atoms with Crippen molar-refractivity contribution < 1.29 is 19.0 Å². The standard InChI is InChI=1S/C19H21FN6O3/c1-12(2)26(19(27)28)13-3-4-15(20)14(9-13)16-11-25-18(22-16)21-10-17(23-25)24-5-7-29-8-6-24/h3-4,9-12H,5-8H2,1-2H3,(H,27,28). The molecule has 1 N–H and O–H groups in total. The molecule has 0 saturated carbocycles. The number of hydrogen-bond acceptors (Lipinski definition) is 6. The number of aromatic nitrogens is 4. The van der Waals surface area contributed by atoms with E-state index in [1.165, 1.54) is 27.6 Å². The molecule has 1 aliphatic heterocycles. The molecule has 10 heteroatoms. The van der Waals surface area contributed by atoms with Gasteiger partial charge in [0.15, 0.2) is 5.82 Å². The van der Waals surface area contributed by atoms with Crippen LogP contribution in [-0.4, -0.2) is 63.1 Å². The third kappa shape index (κ3) is 3.70. The number of carboxylic acid groups (broad SMARTS) is 1. The third-order valence-electron chi connectivity index (χ3n) is 4.74. The molecule has 0 aliphatic carbocycles. The van der Waals surface area contributed by atoms with E-state index in [9.17, 15) is 14.3 Å². The van der Waals surface area contributed by atoms with E-state index in [1.807, 2.05) is 0 Å². The number of ether oxygens (including phenoxy) is 1. The minimum Gasteiger partial charge on any atom is -0.465 e. The van der Waals surface area contributed by atoms with Crippen LogP contribution in [0.4, 0.5) is 20.7 Å². The summed E-state index contributed by atoms with van der Waals surface area (Å²) in [5, 5.41) is 14.0. The van der Waals surface area contributed by atoms with E-state index < -0.39 is 11.9 Å². The summed E-state index contributed by atoms with van der Waals surface area (Å²) >= 11 is 0. The molecular formula is C19H21FN6O3. The number of anilines is 2. The fraction of sp³-hybridized carbons (Fsp3) is 0.368. The first-order valence-corrected chi connectivity index (χ1v) is 9.31. The predicted octanol–water partition coefficient (Wildman–Crippen LogP) is 2.66. The zero-order valence-corrected chi connectivity index (χ0v) is 16.1. The molecule has 1 fully saturated rings. The van der Waals surface area contributed by atoms with E-state index in [4.69, 9.17) is 4.74 Å². The van der Waals surface area contributed by atoms with Crippen molar-refractivity contribution in [2.24, 2.45) is 0 Å². The molecule has 152 valence electrons. The third-order valence-corrected chi connectivity index (χ3v) is 4.74. The highest BCUT2D eigenvalue weighted by Crippen LogP contribution is 2.28. The average molecular weight is 400 g/mol. The monoisotopic (exact) mass is 400 g/mol. The van der Waals surface area contributed by atoms with Gasteiger partial charge in [-0.1, -0.05) is 0 Å². The molecule has 0 unspecified atom stereocenters. The number of hydrogen-bond donors (Lipinski definition) is 1. The Morgan fingerprint density at radius 2 is 2.07 bits per heavy atom. The molecule has 0 spiro atoms. The largest absolute Gasteiger partial charge is 0.465 e. The Hall–Kier alpha value is -3.27. The molecule has 9 nitrogen and oxygen atoms in total. The lowest BCUT2D eigenvalue weighted by atomic mass is 10.1. The molecule has 4 rings (SSSR count). The van der Waals surface area contributed by atoms with Crippen LogP contribution in [0.25, 0.3) is 17.0 Å². The Labute approximate surface area is 166 Å². The summed E-state index contributed by atoms with van der Waals surface area (Å²) in [5.74, 6) is 0.524. The maximum atomic E-state index is 14.5. The van der Waals surface area contributed by atoms with Crippen LogP contribution in [-0.2, 0) is 4.74 Å². The van der Waals surface area contributed by atoms with Crippen LogP contribution in [0.2, 0.25) is 0 Å². The van der Waals surface area contributed by atoms with Crippen molar-refractivity contribution in [2.45, 2.75) is 19.9 Å². The number of benzene rings is 1. The minimum atomic E-state index is -1.11. The summed E-state index contributed by atoms with van der Waals surface area (Å²) in [7, 11) is 0. The molecule has 2 aromatic heterocycles. The zero-order valence-electron chi connectivity index (χ0n) is 16.1. The van der Waals surface area contributed by atoms with Crippen molar-refractivity contribution in [2.75, 3.05) is 36.1 Å². The van der Waals surface area contributed by atoms with Crippen molar-refractivity contribution in [3.63, 3.8) is 0 Å². The van der Waals surface area contributed by atoms with Gasteiger partial charge in [0.1, 0.15) is 5.82 Å². The highest BCUT2D eigenvalue weighted by Gasteiger charge is 2.21. The van der Waals surface area contributed by atoms with Crippen molar-refractivity contribution in [1.82, 2.24) is 19.6 Å². The number of nitrogens with zero attached hydrogens (tertiary/aromatic N) is 6. The number of carbonyl (C=O) groups is 1. The Morgan fingerprint density at radius 3 is 2.76 bits per heavy atom. The molecule has 1 aliphatic rings. The fourth-order valence-corrected chi connectivity index (χ4v) is 3.33. The number of halogens is 1. The summed E-state index contributed by atoms with van der Waals surface area (Å²) in [6.07, 6.45) is 2.12. The first-order valence-electron chi connectivity index (χ1n) is 9.31. The fourth-order valence-electron chi connectivity index (χ4n) is 3.33. The number of morpholine rings is 1. The molecule has 1 saturated heterocycles. The van der Waals surface area contributed by atoms with Crippen LogP contribution >= 0.6 is 0 Å². The van der Waals surface area contributed by atoms with Crippen molar-refractivity contribution >= 4 is 23.4 Å². The lowest BCUT2D eigenvalue weighted by molar-refractivity contribution is 0.122. The number of rotatable bonds is 4. The summed E-state index contributed by atoms with van der Waals surface area (Å²) in [5.41, 5.74) is 0.892. The van der Waals surface area contributed by atoms with Crippen LogP contribution in [0.5, 0.6) is 0 Å². The van der Waals surface area contributed by atoms with Crippen LogP contribution in [0.3, 0.4) is 0 Å². The van der Waals surface area contributed by atoms with E-state index in [2.05, 4.69) is 20.0 Å². The highest BCUT2D eigenvalue weighted by molar-refractivity contribution is 5.87. The number of amides is 1. The first kappa shape index (κ1) is 19.1. The van der Waals surface area contributed by atoms with Gasteiger partial charge >= 0.3 is 6.09 Å². The second kappa shape index (κ2) is 7.63. The molecule has 0 radical (unpaired) electrons. The van der Waals surface area contributed by atoms with Crippen molar-refractivity contribution in [3.8, 4) is 11.3 Å². The molecule has 1 amide bonds. The first-order chi connectivity index (χ1) is 13.9. The van der Waals surface area contributed by atoms with Gasteiger partial charge in [-0.25, -0.2) is 23.7 Å². The number of fused-ring (bicyclic) bond motifs is 1. The van der Waals surface area contributed by atoms with Crippen LogP contribution < -0.4 is 9.80 Å². The van der Waals surface area contributed by atoms with E-state index >= 15 is 0 Å². The van der Waals surface area contributed by atoms with E-state index in [-0.39, 0.29) is 11.6 Å². The topological polar surface area (TPSA) is 96.1 Å². The normalized spacial score (nSPS) is 14.6. The van der Waals surface area contributed by atoms with E-state index in [0.717, 1.165) is 13.1 Å². The quantitative estimate of drug-likeness (QED) is 0.719. The molecule has 0 atom stereocenters. The predicted molar refractivity (Wildman–Crippen MR) is 105 cm³/mol. The van der Waals surface area contributed by atoms with Gasteiger partial charge in [0.25, 0.3) is 5.78 Å². The lowest BCUT2D eigenvalue weighted by Gasteiger charge is -2.27. The van der Waals surface area contributed by atoms with Crippen molar-refractivity contribution in [1.29, 1.82) is 0 Å². The highest BCUT2D eigenvalue weighted by atomic mass is 19.1. The van der Waals surface area contributed by atoms with Crippen molar-refractivity contribution in [3.05, 3.63) is 36.4 Å². The van der Waals surface area contributed by atoms with Gasteiger partial charge in [0, 0.05) is 30.4 Å².